The van der Waals surface area contributed by atoms with E-state index in [2.05, 4.69) is 4.98 Å². The number of hydrogen-bond acceptors (Lipinski definition) is 6. The number of aliphatic hydroxyl groups excluding tert-OH is 1. The normalized spacial score (nSPS) is 11.8. The molecule has 0 radical (unpaired) electrons. The minimum Gasteiger partial charge on any atom is -0.493 e. The van der Waals surface area contributed by atoms with Crippen LogP contribution in [-0.2, 0) is 22.4 Å². The van der Waals surface area contributed by atoms with Crippen LogP contribution in [0.1, 0.15) is 30.4 Å². The molecule has 1 aromatic heterocycles. The van der Waals surface area contributed by atoms with Crippen LogP contribution < -0.4 is 4.74 Å². The zero-order chi connectivity index (χ0) is 21.3. The largest absolute Gasteiger partial charge is 0.493 e. The van der Waals surface area contributed by atoms with E-state index >= 15 is 0 Å². The van der Waals surface area contributed by atoms with Gasteiger partial charge in [-0.2, -0.15) is 0 Å². The molecular weight excluding hydrogens is 382 g/mol. The monoisotopic (exact) mass is 409 g/mol. The second kappa shape index (κ2) is 10.6. The van der Waals surface area contributed by atoms with E-state index in [4.69, 9.17) is 13.9 Å². The Morgan fingerprint density at radius 3 is 2.53 bits per heavy atom. The van der Waals surface area contributed by atoms with E-state index in [9.17, 15) is 9.90 Å². The van der Waals surface area contributed by atoms with Crippen LogP contribution in [0.15, 0.2) is 59.0 Å². The second-order valence-corrected chi connectivity index (χ2v) is 6.94. The smallest absolute Gasteiger partial charge is 0.334 e. The van der Waals surface area contributed by atoms with E-state index in [1.54, 1.807) is 6.92 Å². The van der Waals surface area contributed by atoms with Crippen molar-refractivity contribution in [1.82, 2.24) is 4.98 Å². The fourth-order valence-electron chi connectivity index (χ4n) is 3.04. The standard InChI is InChI=1S/C24H27NO5/c1-3-28-24(27)22(26)14-11-18-9-12-20(13-10-18)29-16-15-21-17(2)30-23(25-21)19-7-5-4-6-8-19/h4-10,12-13,22,26H,3,11,14-16H2,1-2H3. The lowest BCUT2D eigenvalue weighted by atomic mass is 10.1. The van der Waals surface area contributed by atoms with Gasteiger partial charge in [0, 0.05) is 12.0 Å². The van der Waals surface area contributed by atoms with Crippen molar-refractivity contribution in [2.45, 2.75) is 39.2 Å². The number of hydrogen-bond donors (Lipinski definition) is 1. The van der Waals surface area contributed by atoms with Gasteiger partial charge in [0.05, 0.1) is 18.9 Å². The van der Waals surface area contributed by atoms with Crippen LogP contribution in [0.5, 0.6) is 5.75 Å². The van der Waals surface area contributed by atoms with Gasteiger partial charge in [-0.05, 0) is 56.5 Å². The summed E-state index contributed by atoms with van der Waals surface area (Å²) in [6, 6.07) is 17.5. The van der Waals surface area contributed by atoms with Crippen LogP contribution >= 0.6 is 0 Å². The van der Waals surface area contributed by atoms with Gasteiger partial charge in [-0.3, -0.25) is 0 Å². The molecule has 1 unspecified atom stereocenters. The number of nitrogens with zero attached hydrogens (tertiary/aromatic N) is 1. The highest BCUT2D eigenvalue weighted by molar-refractivity contribution is 5.74. The average Bonchev–Trinajstić information content (AvgIpc) is 3.14. The number of esters is 1. The number of rotatable bonds is 10. The summed E-state index contributed by atoms with van der Waals surface area (Å²) < 4.78 is 16.4. The van der Waals surface area contributed by atoms with E-state index in [0.29, 0.717) is 31.8 Å². The molecule has 0 aliphatic rings. The van der Waals surface area contributed by atoms with Crippen molar-refractivity contribution in [3.05, 3.63) is 71.6 Å². The highest BCUT2D eigenvalue weighted by Gasteiger charge is 2.15. The summed E-state index contributed by atoms with van der Waals surface area (Å²) in [5.41, 5.74) is 2.86. The summed E-state index contributed by atoms with van der Waals surface area (Å²) in [6.07, 6.45) is 0.470. The first-order valence-corrected chi connectivity index (χ1v) is 10.1. The number of benzene rings is 2. The first-order valence-electron chi connectivity index (χ1n) is 10.1. The molecule has 0 saturated carbocycles. The Morgan fingerprint density at radius 1 is 1.10 bits per heavy atom. The number of aryl methyl sites for hydroxylation is 2. The molecule has 6 heteroatoms. The van der Waals surface area contributed by atoms with E-state index in [1.807, 2.05) is 61.5 Å². The quantitative estimate of drug-likeness (QED) is 0.507. The lowest BCUT2D eigenvalue weighted by molar-refractivity contribution is -0.153. The maximum absolute atomic E-state index is 11.5. The molecule has 3 rings (SSSR count). The Labute approximate surface area is 176 Å². The summed E-state index contributed by atoms with van der Waals surface area (Å²) in [7, 11) is 0. The van der Waals surface area contributed by atoms with Crippen molar-refractivity contribution in [3.63, 3.8) is 0 Å². The summed E-state index contributed by atoms with van der Waals surface area (Å²) in [5.74, 6) is 1.61. The predicted molar refractivity (Wildman–Crippen MR) is 113 cm³/mol. The third-order valence-corrected chi connectivity index (χ3v) is 4.71. The van der Waals surface area contributed by atoms with E-state index in [0.717, 1.165) is 28.3 Å². The number of aromatic nitrogens is 1. The highest BCUT2D eigenvalue weighted by atomic mass is 16.5. The summed E-state index contributed by atoms with van der Waals surface area (Å²) in [5, 5.41) is 9.77. The third-order valence-electron chi connectivity index (χ3n) is 4.71. The van der Waals surface area contributed by atoms with E-state index < -0.39 is 12.1 Å². The van der Waals surface area contributed by atoms with Gasteiger partial charge in [0.25, 0.3) is 0 Å². The lowest BCUT2D eigenvalue weighted by Crippen LogP contribution is -2.23. The average molecular weight is 409 g/mol. The molecule has 158 valence electrons. The van der Waals surface area contributed by atoms with Crippen molar-refractivity contribution in [3.8, 4) is 17.2 Å². The molecule has 30 heavy (non-hydrogen) atoms. The van der Waals surface area contributed by atoms with Gasteiger partial charge in [-0.15, -0.1) is 0 Å². The maximum Gasteiger partial charge on any atom is 0.334 e. The fraction of sp³-hybridized carbons (Fsp3) is 0.333. The fourth-order valence-corrected chi connectivity index (χ4v) is 3.04. The van der Waals surface area contributed by atoms with Gasteiger partial charge in [0.2, 0.25) is 5.89 Å². The predicted octanol–water partition coefficient (Wildman–Crippen LogP) is 4.13. The Kier molecular flexibility index (Phi) is 7.63. The molecule has 0 saturated heterocycles. The second-order valence-electron chi connectivity index (χ2n) is 6.94. The molecule has 0 aliphatic heterocycles. The number of ether oxygens (including phenoxy) is 2. The van der Waals surface area contributed by atoms with E-state index in [1.165, 1.54) is 0 Å². The molecule has 0 aliphatic carbocycles. The molecule has 6 nitrogen and oxygen atoms in total. The van der Waals surface area contributed by atoms with Crippen LogP contribution in [0.3, 0.4) is 0 Å². The van der Waals surface area contributed by atoms with Crippen LogP contribution in [0.4, 0.5) is 0 Å². The molecule has 1 atom stereocenters. The van der Waals surface area contributed by atoms with Crippen molar-refractivity contribution in [2.75, 3.05) is 13.2 Å². The lowest BCUT2D eigenvalue weighted by Gasteiger charge is -2.10. The van der Waals surface area contributed by atoms with Crippen LogP contribution in [-0.4, -0.2) is 35.4 Å². The van der Waals surface area contributed by atoms with Crippen LogP contribution in [0.2, 0.25) is 0 Å². The number of oxazole rings is 1. The minimum absolute atomic E-state index is 0.267. The van der Waals surface area contributed by atoms with Crippen molar-refractivity contribution >= 4 is 5.97 Å². The molecule has 0 fully saturated rings. The molecule has 1 N–H and O–H groups in total. The van der Waals surface area contributed by atoms with Gasteiger partial charge in [-0.25, -0.2) is 9.78 Å². The van der Waals surface area contributed by atoms with Gasteiger partial charge < -0.3 is 19.0 Å². The Balaban J connectivity index is 1.47. The molecule has 3 aromatic rings. The molecule has 0 bridgehead atoms. The topological polar surface area (TPSA) is 81.8 Å². The van der Waals surface area contributed by atoms with Gasteiger partial charge in [0.15, 0.2) is 6.10 Å². The van der Waals surface area contributed by atoms with Crippen LogP contribution in [0.25, 0.3) is 11.5 Å². The summed E-state index contributed by atoms with van der Waals surface area (Å²) >= 11 is 0. The van der Waals surface area contributed by atoms with E-state index in [-0.39, 0.29) is 6.61 Å². The molecular formula is C24H27NO5. The summed E-state index contributed by atoms with van der Waals surface area (Å²) in [6.45, 7) is 4.38. The van der Waals surface area contributed by atoms with Crippen molar-refractivity contribution in [1.29, 1.82) is 0 Å². The number of carbonyl (C=O) groups is 1. The SMILES string of the molecule is CCOC(=O)C(O)CCc1ccc(OCCc2nc(-c3ccccc3)oc2C)cc1. The minimum atomic E-state index is -1.09. The third kappa shape index (κ3) is 5.94. The first-order chi connectivity index (χ1) is 14.6. The summed E-state index contributed by atoms with van der Waals surface area (Å²) in [4.78, 5) is 16.0. The van der Waals surface area contributed by atoms with Gasteiger partial charge in [-0.1, -0.05) is 30.3 Å². The van der Waals surface area contributed by atoms with Crippen LogP contribution in [0, 0.1) is 6.92 Å². The zero-order valence-corrected chi connectivity index (χ0v) is 17.3. The van der Waals surface area contributed by atoms with Gasteiger partial charge in [0.1, 0.15) is 11.5 Å². The first kappa shape index (κ1) is 21.6. The Hall–Kier alpha value is -3.12. The van der Waals surface area contributed by atoms with Gasteiger partial charge >= 0.3 is 5.97 Å². The number of carbonyl (C=O) groups excluding carboxylic acids is 1. The van der Waals surface area contributed by atoms with Crippen molar-refractivity contribution < 1.29 is 23.8 Å². The molecule has 0 spiro atoms. The highest BCUT2D eigenvalue weighted by Crippen LogP contribution is 2.22. The number of aliphatic hydroxyl groups is 1. The molecule has 1 heterocycles. The Morgan fingerprint density at radius 2 is 1.83 bits per heavy atom. The maximum atomic E-state index is 11.5. The Bertz CT molecular complexity index is 934. The zero-order valence-electron chi connectivity index (χ0n) is 17.3. The molecule has 2 aromatic carbocycles. The molecule has 0 amide bonds. The van der Waals surface area contributed by atoms with Crippen molar-refractivity contribution in [2.24, 2.45) is 0 Å².